The number of hydrogen-bond acceptors (Lipinski definition) is 7. The van der Waals surface area contributed by atoms with E-state index in [2.05, 4.69) is 27.6 Å². The lowest BCUT2D eigenvalue weighted by Crippen LogP contribution is -2.14. The number of benzene rings is 2. The van der Waals surface area contributed by atoms with E-state index in [9.17, 15) is 9.18 Å². The van der Waals surface area contributed by atoms with Gasteiger partial charge in [0.15, 0.2) is 10.1 Å². The molecule has 28 heavy (non-hydrogen) atoms. The van der Waals surface area contributed by atoms with Crippen molar-refractivity contribution < 1.29 is 13.6 Å². The maximum atomic E-state index is 13.4. The summed E-state index contributed by atoms with van der Waals surface area (Å²) in [5.41, 5.74) is 2.35. The van der Waals surface area contributed by atoms with Crippen molar-refractivity contribution in [1.29, 1.82) is 0 Å². The molecule has 4 rings (SSSR count). The van der Waals surface area contributed by atoms with Crippen LogP contribution in [0.25, 0.3) is 11.0 Å². The Kier molecular flexibility index (Phi) is 5.40. The molecule has 0 fully saturated rings. The Bertz CT molecular complexity index is 1130. The number of carbonyl (C=O) groups excluding carboxylic acids is 1. The average molecular weight is 413 g/mol. The van der Waals surface area contributed by atoms with E-state index in [1.54, 1.807) is 18.7 Å². The van der Waals surface area contributed by atoms with Gasteiger partial charge in [-0.25, -0.2) is 4.39 Å². The Labute approximate surface area is 169 Å². The zero-order valence-corrected chi connectivity index (χ0v) is 16.6. The lowest BCUT2D eigenvalue weighted by molar-refractivity contribution is 0.0981. The summed E-state index contributed by atoms with van der Waals surface area (Å²) < 4.78 is 19.8. The summed E-state index contributed by atoms with van der Waals surface area (Å²) in [6.07, 6.45) is 0. The molecule has 142 valence electrons. The molecule has 2 aromatic heterocycles. The summed E-state index contributed by atoms with van der Waals surface area (Å²) in [5.74, 6) is 0.463. The maximum absolute atomic E-state index is 13.4. The first-order chi connectivity index (χ1) is 13.6. The van der Waals surface area contributed by atoms with Crippen LogP contribution in [0.2, 0.25) is 0 Å². The van der Waals surface area contributed by atoms with Crippen LogP contribution in [0.3, 0.4) is 0 Å². The number of ketones is 1. The molecule has 0 radical (unpaired) electrons. The van der Waals surface area contributed by atoms with Gasteiger partial charge in [0.2, 0.25) is 10.9 Å². The van der Waals surface area contributed by atoms with E-state index < -0.39 is 0 Å². The molecular formula is C20H16FN3O2S2. The van der Waals surface area contributed by atoms with Gasteiger partial charge in [-0.3, -0.25) is 4.79 Å². The quantitative estimate of drug-likeness (QED) is 0.327. The molecule has 2 aromatic carbocycles. The third-order valence-electron chi connectivity index (χ3n) is 4.16. The van der Waals surface area contributed by atoms with E-state index in [1.165, 1.54) is 35.1 Å². The Morgan fingerprint density at radius 2 is 2.04 bits per heavy atom. The fourth-order valence-corrected chi connectivity index (χ4v) is 4.46. The SMILES string of the molecule is Cc1c(C(=O)CNc2nnc(SCc3ccccc3)s2)oc2ccc(F)cc12. The highest BCUT2D eigenvalue weighted by Gasteiger charge is 2.18. The Hall–Kier alpha value is -2.71. The van der Waals surface area contributed by atoms with Gasteiger partial charge in [0, 0.05) is 16.7 Å². The number of rotatable bonds is 7. The van der Waals surface area contributed by atoms with Crippen molar-refractivity contribution in [3.05, 3.63) is 71.2 Å². The monoisotopic (exact) mass is 413 g/mol. The third-order valence-corrected chi connectivity index (χ3v) is 6.25. The van der Waals surface area contributed by atoms with Crippen LogP contribution in [0.1, 0.15) is 21.7 Å². The first-order valence-electron chi connectivity index (χ1n) is 8.56. The van der Waals surface area contributed by atoms with E-state index in [4.69, 9.17) is 4.42 Å². The molecule has 4 aromatic rings. The minimum Gasteiger partial charge on any atom is -0.453 e. The third kappa shape index (κ3) is 4.07. The van der Waals surface area contributed by atoms with Crippen LogP contribution >= 0.6 is 23.1 Å². The van der Waals surface area contributed by atoms with Crippen molar-refractivity contribution in [1.82, 2.24) is 10.2 Å². The number of fused-ring (bicyclic) bond motifs is 1. The molecule has 0 saturated carbocycles. The van der Waals surface area contributed by atoms with Crippen molar-refractivity contribution in [2.45, 2.75) is 17.0 Å². The number of Topliss-reactive ketones (excluding diaryl/α,β-unsaturated/α-hetero) is 1. The Morgan fingerprint density at radius 3 is 2.86 bits per heavy atom. The predicted molar refractivity (Wildman–Crippen MR) is 110 cm³/mol. The number of anilines is 1. The van der Waals surface area contributed by atoms with Gasteiger partial charge in [-0.1, -0.05) is 53.4 Å². The van der Waals surface area contributed by atoms with Gasteiger partial charge in [-0.2, -0.15) is 0 Å². The van der Waals surface area contributed by atoms with Crippen molar-refractivity contribution in [3.63, 3.8) is 0 Å². The summed E-state index contributed by atoms with van der Waals surface area (Å²) in [4.78, 5) is 12.5. The molecule has 1 N–H and O–H groups in total. The fourth-order valence-electron chi connectivity index (χ4n) is 2.75. The highest BCUT2D eigenvalue weighted by Crippen LogP contribution is 2.29. The number of halogens is 1. The molecule has 0 bridgehead atoms. The molecule has 0 atom stereocenters. The lowest BCUT2D eigenvalue weighted by Gasteiger charge is -2.00. The zero-order chi connectivity index (χ0) is 19.5. The molecule has 8 heteroatoms. The number of furan rings is 1. The molecule has 0 amide bonds. The minimum atomic E-state index is -0.358. The Morgan fingerprint density at radius 1 is 1.21 bits per heavy atom. The second-order valence-electron chi connectivity index (χ2n) is 6.12. The molecule has 0 unspecified atom stereocenters. The van der Waals surface area contributed by atoms with Crippen molar-refractivity contribution in [3.8, 4) is 0 Å². The minimum absolute atomic E-state index is 0.0289. The van der Waals surface area contributed by atoms with Crippen LogP contribution in [0.4, 0.5) is 9.52 Å². The molecule has 0 aliphatic rings. The number of nitrogens with one attached hydrogen (secondary N) is 1. The lowest BCUT2D eigenvalue weighted by atomic mass is 10.1. The van der Waals surface area contributed by atoms with E-state index in [0.29, 0.717) is 21.7 Å². The highest BCUT2D eigenvalue weighted by atomic mass is 32.2. The van der Waals surface area contributed by atoms with Crippen LogP contribution in [-0.2, 0) is 5.75 Å². The zero-order valence-electron chi connectivity index (χ0n) is 14.9. The van der Waals surface area contributed by atoms with Gasteiger partial charge in [-0.05, 0) is 30.7 Å². The van der Waals surface area contributed by atoms with Crippen LogP contribution < -0.4 is 5.32 Å². The van der Waals surface area contributed by atoms with Gasteiger partial charge >= 0.3 is 0 Å². The van der Waals surface area contributed by atoms with Crippen LogP contribution in [0, 0.1) is 12.7 Å². The first-order valence-corrected chi connectivity index (χ1v) is 10.4. The van der Waals surface area contributed by atoms with Crippen LogP contribution in [-0.4, -0.2) is 22.5 Å². The fraction of sp³-hybridized carbons (Fsp3) is 0.150. The van der Waals surface area contributed by atoms with Gasteiger partial charge in [0.1, 0.15) is 11.4 Å². The number of thioether (sulfide) groups is 1. The molecule has 0 spiro atoms. The van der Waals surface area contributed by atoms with E-state index >= 15 is 0 Å². The van der Waals surface area contributed by atoms with Crippen LogP contribution in [0.5, 0.6) is 0 Å². The predicted octanol–water partition coefficient (Wildman–Crippen LogP) is 5.32. The summed E-state index contributed by atoms with van der Waals surface area (Å²) in [6.45, 7) is 1.78. The van der Waals surface area contributed by atoms with Gasteiger partial charge < -0.3 is 9.73 Å². The second-order valence-corrected chi connectivity index (χ2v) is 8.32. The first kappa shape index (κ1) is 18.6. The van der Waals surface area contributed by atoms with Gasteiger partial charge in [-0.15, -0.1) is 10.2 Å². The summed E-state index contributed by atoms with van der Waals surface area (Å²) in [5, 5.41) is 12.4. The smallest absolute Gasteiger partial charge is 0.217 e. The molecule has 0 saturated heterocycles. The molecule has 5 nitrogen and oxygen atoms in total. The molecule has 0 aliphatic carbocycles. The number of hydrogen-bond donors (Lipinski definition) is 1. The average Bonchev–Trinajstić information content (AvgIpc) is 3.30. The summed E-state index contributed by atoms with van der Waals surface area (Å²) in [7, 11) is 0. The topological polar surface area (TPSA) is 68.0 Å². The summed E-state index contributed by atoms with van der Waals surface area (Å²) >= 11 is 3.00. The van der Waals surface area contributed by atoms with E-state index in [-0.39, 0.29) is 23.9 Å². The largest absolute Gasteiger partial charge is 0.453 e. The van der Waals surface area contributed by atoms with E-state index in [1.807, 2.05) is 18.2 Å². The van der Waals surface area contributed by atoms with Crippen molar-refractivity contribution in [2.75, 3.05) is 11.9 Å². The number of nitrogens with zero attached hydrogens (tertiary/aromatic N) is 2. The van der Waals surface area contributed by atoms with Crippen molar-refractivity contribution in [2.24, 2.45) is 0 Å². The Balaban J connectivity index is 1.38. The number of aromatic nitrogens is 2. The summed E-state index contributed by atoms with van der Waals surface area (Å²) in [6, 6.07) is 14.3. The molecule has 0 aliphatic heterocycles. The molecular weight excluding hydrogens is 397 g/mol. The highest BCUT2D eigenvalue weighted by molar-refractivity contribution is 8.00. The van der Waals surface area contributed by atoms with E-state index in [0.717, 1.165) is 10.1 Å². The molecule has 2 heterocycles. The number of aryl methyl sites for hydroxylation is 1. The van der Waals surface area contributed by atoms with Gasteiger partial charge in [0.25, 0.3) is 0 Å². The maximum Gasteiger partial charge on any atom is 0.217 e. The standard InChI is InChI=1S/C20H16FN3O2S2/c1-12-15-9-14(21)7-8-17(15)26-18(12)16(25)10-22-19-23-24-20(28-19)27-11-13-5-3-2-4-6-13/h2-9H,10-11H2,1H3,(H,22,23). The second kappa shape index (κ2) is 8.12. The normalized spacial score (nSPS) is 11.1. The van der Waals surface area contributed by atoms with Crippen molar-refractivity contribution >= 4 is 45.0 Å². The van der Waals surface area contributed by atoms with Crippen LogP contribution in [0.15, 0.2) is 57.3 Å². The van der Waals surface area contributed by atoms with Gasteiger partial charge in [0.05, 0.1) is 6.54 Å². The number of carbonyl (C=O) groups is 1.